The minimum absolute atomic E-state index is 0.280. The van der Waals surface area contributed by atoms with Gasteiger partial charge in [-0.2, -0.15) is 0 Å². The van der Waals surface area contributed by atoms with E-state index in [-0.39, 0.29) is 12.6 Å². The second kappa shape index (κ2) is 11.1. The van der Waals surface area contributed by atoms with Crippen LogP contribution in [-0.4, -0.2) is 23.7 Å². The van der Waals surface area contributed by atoms with Crippen LogP contribution in [-0.2, 0) is 4.74 Å². The van der Waals surface area contributed by atoms with Crippen LogP contribution in [0.15, 0.2) is 97.1 Å². The molecule has 0 radical (unpaired) electrons. The lowest BCUT2D eigenvalue weighted by atomic mass is 10.2. The molecule has 4 heteroatoms. The third kappa shape index (κ3) is 7.40. The number of hydrogen-bond acceptors (Lipinski definition) is 3. The highest BCUT2D eigenvalue weighted by molar-refractivity contribution is 5.89. The van der Waals surface area contributed by atoms with Crippen molar-refractivity contribution < 1.29 is 19.4 Å². The smallest absolute Gasteiger partial charge is 0.338 e. The van der Waals surface area contributed by atoms with Gasteiger partial charge in [-0.1, -0.05) is 72.8 Å². The predicted molar refractivity (Wildman–Crippen MR) is 106 cm³/mol. The number of carbonyl (C=O) groups excluding carboxylic acids is 1. The number of rotatable bonds is 5. The molecule has 0 bridgehead atoms. The van der Waals surface area contributed by atoms with Crippen LogP contribution < -0.4 is 0 Å². The summed E-state index contributed by atoms with van der Waals surface area (Å²) in [6.07, 6.45) is 3.76. The molecule has 0 atom stereocenters. The topological polar surface area (TPSA) is 63.6 Å². The Balaban J connectivity index is 0.000000244. The molecule has 0 aliphatic rings. The fraction of sp³-hybridized carbons (Fsp3) is 0.0435. The molecule has 27 heavy (non-hydrogen) atoms. The number of carboxylic acids is 1. The van der Waals surface area contributed by atoms with E-state index < -0.39 is 5.97 Å². The molecule has 3 rings (SSSR count). The van der Waals surface area contributed by atoms with Gasteiger partial charge in [0.25, 0.3) is 0 Å². The Labute approximate surface area is 158 Å². The number of benzene rings is 3. The van der Waals surface area contributed by atoms with Crippen molar-refractivity contribution in [2.75, 3.05) is 6.61 Å². The van der Waals surface area contributed by atoms with E-state index in [1.807, 2.05) is 60.7 Å². The molecule has 0 amide bonds. The van der Waals surface area contributed by atoms with E-state index in [9.17, 15) is 9.59 Å². The Bertz CT molecular complexity index is 857. The summed E-state index contributed by atoms with van der Waals surface area (Å²) in [4.78, 5) is 21.8. The molecular weight excluding hydrogens is 340 g/mol. The summed E-state index contributed by atoms with van der Waals surface area (Å²) in [5.74, 6) is -1.18. The summed E-state index contributed by atoms with van der Waals surface area (Å²) in [5, 5.41) is 8.38. The van der Waals surface area contributed by atoms with Crippen LogP contribution in [0.1, 0.15) is 26.3 Å². The summed E-state index contributed by atoms with van der Waals surface area (Å²) >= 11 is 0. The van der Waals surface area contributed by atoms with Crippen LogP contribution in [0.2, 0.25) is 0 Å². The van der Waals surface area contributed by atoms with Crippen molar-refractivity contribution in [1.29, 1.82) is 0 Å². The number of esters is 1. The summed E-state index contributed by atoms with van der Waals surface area (Å²) < 4.78 is 5.12. The van der Waals surface area contributed by atoms with E-state index in [0.717, 1.165) is 5.56 Å². The summed E-state index contributed by atoms with van der Waals surface area (Å²) in [6, 6.07) is 27.2. The maximum absolute atomic E-state index is 11.6. The highest BCUT2D eigenvalue weighted by Gasteiger charge is 2.03. The third-order valence-corrected chi connectivity index (χ3v) is 3.45. The summed E-state index contributed by atoms with van der Waals surface area (Å²) in [7, 11) is 0. The van der Waals surface area contributed by atoms with Gasteiger partial charge in [0.15, 0.2) is 0 Å². The largest absolute Gasteiger partial charge is 0.478 e. The number of hydrogen-bond donors (Lipinski definition) is 1. The Kier molecular flexibility index (Phi) is 8.05. The third-order valence-electron chi connectivity index (χ3n) is 3.45. The Hall–Kier alpha value is -3.66. The van der Waals surface area contributed by atoms with Crippen molar-refractivity contribution in [3.05, 3.63) is 114 Å². The second-order valence-corrected chi connectivity index (χ2v) is 5.45. The molecule has 4 nitrogen and oxygen atoms in total. The fourth-order valence-corrected chi connectivity index (χ4v) is 2.11. The minimum atomic E-state index is -0.879. The van der Waals surface area contributed by atoms with Crippen LogP contribution in [0.25, 0.3) is 6.08 Å². The molecule has 136 valence electrons. The second-order valence-electron chi connectivity index (χ2n) is 5.45. The van der Waals surface area contributed by atoms with Crippen molar-refractivity contribution >= 4 is 18.0 Å². The average Bonchev–Trinajstić information content (AvgIpc) is 2.73. The molecule has 3 aromatic carbocycles. The first-order chi connectivity index (χ1) is 13.2. The van der Waals surface area contributed by atoms with Crippen molar-refractivity contribution in [2.45, 2.75) is 0 Å². The van der Waals surface area contributed by atoms with Gasteiger partial charge in [-0.25, -0.2) is 9.59 Å². The zero-order chi connectivity index (χ0) is 19.3. The van der Waals surface area contributed by atoms with Crippen LogP contribution in [0.3, 0.4) is 0 Å². The molecule has 0 fully saturated rings. The number of aromatic carboxylic acids is 1. The molecule has 0 unspecified atom stereocenters. The molecule has 0 aliphatic carbocycles. The summed E-state index contributed by atoms with van der Waals surface area (Å²) in [5.41, 5.74) is 2.00. The SMILES string of the molecule is O=C(O)c1ccccc1.O=C(OCC=Cc1ccccc1)c1ccccc1. The van der Waals surface area contributed by atoms with Gasteiger partial charge >= 0.3 is 11.9 Å². The van der Waals surface area contributed by atoms with E-state index in [0.29, 0.717) is 11.1 Å². The van der Waals surface area contributed by atoms with Crippen molar-refractivity contribution in [3.8, 4) is 0 Å². The van der Waals surface area contributed by atoms with E-state index in [1.165, 1.54) is 0 Å². The first kappa shape index (κ1) is 19.7. The zero-order valence-corrected chi connectivity index (χ0v) is 14.7. The van der Waals surface area contributed by atoms with Crippen LogP contribution in [0, 0.1) is 0 Å². The molecule has 0 heterocycles. The quantitative estimate of drug-likeness (QED) is 0.655. The van der Waals surface area contributed by atoms with E-state index >= 15 is 0 Å². The zero-order valence-electron chi connectivity index (χ0n) is 14.7. The minimum Gasteiger partial charge on any atom is -0.478 e. The average molecular weight is 360 g/mol. The van der Waals surface area contributed by atoms with Gasteiger partial charge in [0, 0.05) is 0 Å². The van der Waals surface area contributed by atoms with Crippen LogP contribution >= 0.6 is 0 Å². The highest BCUT2D eigenvalue weighted by atomic mass is 16.5. The standard InChI is InChI=1S/C16H14O2.C7H6O2/c17-16(15-11-5-2-6-12-15)18-13-7-10-14-8-3-1-4-9-14;8-7(9)6-4-2-1-3-5-6/h1-12H,13H2;1-5H,(H,8,9). The van der Waals surface area contributed by atoms with Gasteiger partial charge in [0.2, 0.25) is 0 Å². The Morgan fingerprint density at radius 2 is 1.22 bits per heavy atom. The van der Waals surface area contributed by atoms with Crippen LogP contribution in [0.5, 0.6) is 0 Å². The maximum atomic E-state index is 11.6. The molecule has 0 aliphatic heterocycles. The summed E-state index contributed by atoms with van der Waals surface area (Å²) in [6.45, 7) is 0.280. The van der Waals surface area contributed by atoms with E-state index in [2.05, 4.69) is 0 Å². The molecule has 0 aromatic heterocycles. The lowest BCUT2D eigenvalue weighted by Crippen LogP contribution is -2.04. The Morgan fingerprint density at radius 3 is 1.70 bits per heavy atom. The molecular formula is C23H20O4. The lowest BCUT2D eigenvalue weighted by Gasteiger charge is -2.01. The molecule has 3 aromatic rings. The molecule has 0 saturated heterocycles. The number of carboxylic acid groups (broad SMARTS) is 1. The number of carbonyl (C=O) groups is 2. The normalized spacial score (nSPS) is 9.93. The lowest BCUT2D eigenvalue weighted by molar-refractivity contribution is 0.0549. The molecule has 0 spiro atoms. The van der Waals surface area contributed by atoms with Gasteiger partial charge in [0.1, 0.15) is 6.61 Å². The van der Waals surface area contributed by atoms with E-state index in [1.54, 1.807) is 42.5 Å². The highest BCUT2D eigenvalue weighted by Crippen LogP contribution is 2.03. The monoisotopic (exact) mass is 360 g/mol. The van der Waals surface area contributed by atoms with E-state index in [4.69, 9.17) is 9.84 Å². The first-order valence-corrected chi connectivity index (χ1v) is 8.39. The van der Waals surface area contributed by atoms with Crippen molar-refractivity contribution in [3.63, 3.8) is 0 Å². The van der Waals surface area contributed by atoms with Gasteiger partial charge in [-0.3, -0.25) is 0 Å². The predicted octanol–water partition coefficient (Wildman–Crippen LogP) is 4.94. The maximum Gasteiger partial charge on any atom is 0.338 e. The fourth-order valence-electron chi connectivity index (χ4n) is 2.11. The molecule has 1 N–H and O–H groups in total. The Morgan fingerprint density at radius 1 is 0.741 bits per heavy atom. The van der Waals surface area contributed by atoms with Crippen LogP contribution in [0.4, 0.5) is 0 Å². The number of ether oxygens (including phenoxy) is 1. The van der Waals surface area contributed by atoms with Gasteiger partial charge < -0.3 is 9.84 Å². The van der Waals surface area contributed by atoms with Gasteiger partial charge in [0.05, 0.1) is 11.1 Å². The van der Waals surface area contributed by atoms with Gasteiger partial charge in [-0.05, 0) is 35.9 Å². The first-order valence-electron chi connectivity index (χ1n) is 8.39. The van der Waals surface area contributed by atoms with Gasteiger partial charge in [-0.15, -0.1) is 0 Å². The van der Waals surface area contributed by atoms with Crippen molar-refractivity contribution in [1.82, 2.24) is 0 Å². The van der Waals surface area contributed by atoms with Crippen molar-refractivity contribution in [2.24, 2.45) is 0 Å². The molecule has 0 saturated carbocycles.